The number of ether oxygens (including phenoxy) is 2. The molecule has 162 valence electrons. The second-order valence-electron chi connectivity index (χ2n) is 7.04. The van der Waals surface area contributed by atoms with Crippen molar-refractivity contribution in [2.24, 2.45) is 0 Å². The number of carbonyl (C=O) groups excluding carboxylic acids is 1. The molecular formula is C25H23N3O3S. The summed E-state index contributed by atoms with van der Waals surface area (Å²) in [7, 11) is 1.64. The van der Waals surface area contributed by atoms with Gasteiger partial charge in [-0.2, -0.15) is 0 Å². The van der Waals surface area contributed by atoms with E-state index in [1.54, 1.807) is 7.11 Å². The molecule has 0 saturated heterocycles. The first kappa shape index (κ1) is 21.6. The molecule has 0 unspecified atom stereocenters. The number of nitrogens with zero attached hydrogens (tertiary/aromatic N) is 3. The average molecular weight is 446 g/mol. The number of esters is 1. The minimum atomic E-state index is -0.292. The molecule has 0 atom stereocenters. The molecule has 0 bridgehead atoms. The molecule has 6 nitrogen and oxygen atoms in total. The Balaban J connectivity index is 1.50. The highest BCUT2D eigenvalue weighted by molar-refractivity contribution is 7.99. The van der Waals surface area contributed by atoms with Crippen molar-refractivity contribution in [2.75, 3.05) is 12.9 Å². The van der Waals surface area contributed by atoms with Crippen LogP contribution in [0.5, 0.6) is 5.75 Å². The summed E-state index contributed by atoms with van der Waals surface area (Å²) in [5.41, 5.74) is 3.00. The van der Waals surface area contributed by atoms with Gasteiger partial charge in [0.2, 0.25) is 0 Å². The van der Waals surface area contributed by atoms with Crippen LogP contribution in [0.25, 0.3) is 11.4 Å². The van der Waals surface area contributed by atoms with Crippen LogP contribution in [-0.2, 0) is 22.7 Å². The number of rotatable bonds is 9. The van der Waals surface area contributed by atoms with Gasteiger partial charge in [-0.05, 0) is 35.4 Å². The number of hydrogen-bond acceptors (Lipinski definition) is 6. The fraction of sp³-hybridized carbons (Fsp3) is 0.160. The van der Waals surface area contributed by atoms with Crippen LogP contribution >= 0.6 is 11.8 Å². The van der Waals surface area contributed by atoms with Crippen molar-refractivity contribution in [3.05, 3.63) is 96.1 Å². The molecule has 0 fully saturated rings. The van der Waals surface area contributed by atoms with Crippen LogP contribution in [0.4, 0.5) is 0 Å². The molecule has 0 radical (unpaired) electrons. The smallest absolute Gasteiger partial charge is 0.316 e. The van der Waals surface area contributed by atoms with Gasteiger partial charge in [-0.25, -0.2) is 0 Å². The van der Waals surface area contributed by atoms with Crippen molar-refractivity contribution in [1.29, 1.82) is 0 Å². The van der Waals surface area contributed by atoms with Crippen molar-refractivity contribution < 1.29 is 14.3 Å². The predicted molar refractivity (Wildman–Crippen MR) is 125 cm³/mol. The Kier molecular flexibility index (Phi) is 7.19. The number of aromatic nitrogens is 3. The van der Waals surface area contributed by atoms with Crippen LogP contribution in [-0.4, -0.2) is 33.6 Å². The minimum absolute atomic E-state index is 0.155. The van der Waals surface area contributed by atoms with Gasteiger partial charge in [-0.3, -0.25) is 9.36 Å². The maximum atomic E-state index is 12.3. The summed E-state index contributed by atoms with van der Waals surface area (Å²) in [6.07, 6.45) is 0. The van der Waals surface area contributed by atoms with Crippen LogP contribution in [0.3, 0.4) is 0 Å². The first-order valence-electron chi connectivity index (χ1n) is 10.2. The SMILES string of the molecule is COc1ccc(-c2nnc(SCC(=O)OCc3ccccc3)n2Cc2ccccc2)cc1. The van der Waals surface area contributed by atoms with Gasteiger partial charge in [0.15, 0.2) is 11.0 Å². The number of thioether (sulfide) groups is 1. The first-order chi connectivity index (χ1) is 15.7. The van der Waals surface area contributed by atoms with Crippen LogP contribution < -0.4 is 4.74 Å². The number of benzene rings is 3. The molecular weight excluding hydrogens is 422 g/mol. The fourth-order valence-corrected chi connectivity index (χ4v) is 3.90. The third-order valence-electron chi connectivity index (χ3n) is 4.81. The molecule has 0 aliphatic rings. The van der Waals surface area contributed by atoms with Crippen LogP contribution in [0.2, 0.25) is 0 Å². The van der Waals surface area contributed by atoms with Gasteiger partial charge < -0.3 is 9.47 Å². The summed E-state index contributed by atoms with van der Waals surface area (Å²) < 4.78 is 12.7. The Morgan fingerprint density at radius 2 is 1.53 bits per heavy atom. The van der Waals surface area contributed by atoms with Gasteiger partial charge >= 0.3 is 5.97 Å². The summed E-state index contributed by atoms with van der Waals surface area (Å²) in [5.74, 6) is 1.37. The van der Waals surface area contributed by atoms with Gasteiger partial charge in [0.25, 0.3) is 0 Å². The molecule has 1 heterocycles. The molecule has 4 rings (SSSR count). The molecule has 1 aromatic heterocycles. The van der Waals surface area contributed by atoms with Crippen molar-refractivity contribution in [2.45, 2.75) is 18.3 Å². The highest BCUT2D eigenvalue weighted by atomic mass is 32.2. The summed E-state index contributed by atoms with van der Waals surface area (Å²) in [6.45, 7) is 0.852. The van der Waals surface area contributed by atoms with Gasteiger partial charge in [-0.15, -0.1) is 10.2 Å². The maximum Gasteiger partial charge on any atom is 0.316 e. The molecule has 0 saturated carbocycles. The first-order valence-corrected chi connectivity index (χ1v) is 11.2. The van der Waals surface area contributed by atoms with E-state index >= 15 is 0 Å². The summed E-state index contributed by atoms with van der Waals surface area (Å²) in [4.78, 5) is 12.3. The molecule has 32 heavy (non-hydrogen) atoms. The van der Waals surface area contributed by atoms with E-state index in [0.29, 0.717) is 11.7 Å². The highest BCUT2D eigenvalue weighted by Gasteiger charge is 2.17. The van der Waals surface area contributed by atoms with Crippen molar-refractivity contribution >= 4 is 17.7 Å². The number of methoxy groups -OCH3 is 1. The molecule has 0 amide bonds. The summed E-state index contributed by atoms with van der Waals surface area (Å²) in [5, 5.41) is 9.43. The quantitative estimate of drug-likeness (QED) is 0.271. The van der Waals surface area contributed by atoms with E-state index in [4.69, 9.17) is 9.47 Å². The predicted octanol–water partition coefficient (Wildman–Crippen LogP) is 4.84. The van der Waals surface area contributed by atoms with E-state index in [0.717, 1.165) is 28.3 Å². The molecule has 0 N–H and O–H groups in total. The molecule has 3 aromatic carbocycles. The molecule has 0 aliphatic heterocycles. The Labute approximate surface area is 191 Å². The number of carbonyl (C=O) groups is 1. The zero-order valence-electron chi connectivity index (χ0n) is 17.7. The normalized spacial score (nSPS) is 10.7. The second kappa shape index (κ2) is 10.6. The Hall–Kier alpha value is -3.58. The van der Waals surface area contributed by atoms with E-state index < -0.39 is 0 Å². The Bertz CT molecular complexity index is 1150. The van der Waals surface area contributed by atoms with Gasteiger partial charge in [0.1, 0.15) is 12.4 Å². The third-order valence-corrected chi connectivity index (χ3v) is 5.75. The highest BCUT2D eigenvalue weighted by Crippen LogP contribution is 2.27. The van der Waals surface area contributed by atoms with E-state index in [9.17, 15) is 4.79 Å². The van der Waals surface area contributed by atoms with Gasteiger partial charge in [-0.1, -0.05) is 72.4 Å². The number of hydrogen-bond donors (Lipinski definition) is 0. The topological polar surface area (TPSA) is 66.2 Å². The van der Waals surface area contributed by atoms with Gasteiger partial charge in [0.05, 0.1) is 19.4 Å². The molecule has 4 aromatic rings. The minimum Gasteiger partial charge on any atom is -0.497 e. The standard InChI is InChI=1S/C25H23N3O3S/c1-30-22-14-12-21(13-15-22)24-26-27-25(28(24)16-19-8-4-2-5-9-19)32-18-23(29)31-17-20-10-6-3-7-11-20/h2-15H,16-18H2,1H3. The maximum absolute atomic E-state index is 12.3. The van der Waals surface area contributed by atoms with Crippen molar-refractivity contribution in [3.8, 4) is 17.1 Å². The molecule has 7 heteroatoms. The van der Waals surface area contributed by atoms with E-state index in [2.05, 4.69) is 22.3 Å². The van der Waals surface area contributed by atoms with Crippen LogP contribution in [0, 0.1) is 0 Å². The van der Waals surface area contributed by atoms with E-state index in [-0.39, 0.29) is 18.3 Å². The van der Waals surface area contributed by atoms with Crippen LogP contribution in [0.1, 0.15) is 11.1 Å². The summed E-state index contributed by atoms with van der Waals surface area (Å²) >= 11 is 1.32. The fourth-order valence-electron chi connectivity index (χ4n) is 3.16. The lowest BCUT2D eigenvalue weighted by Crippen LogP contribution is -2.09. The monoisotopic (exact) mass is 445 g/mol. The molecule has 0 aliphatic carbocycles. The largest absolute Gasteiger partial charge is 0.497 e. The third kappa shape index (κ3) is 5.56. The summed E-state index contributed by atoms with van der Waals surface area (Å²) in [6, 6.07) is 27.4. The van der Waals surface area contributed by atoms with Crippen molar-refractivity contribution in [3.63, 3.8) is 0 Å². The molecule has 0 spiro atoms. The lowest BCUT2D eigenvalue weighted by atomic mass is 10.2. The Morgan fingerprint density at radius 1 is 0.875 bits per heavy atom. The lowest BCUT2D eigenvalue weighted by molar-refractivity contribution is -0.141. The Morgan fingerprint density at radius 3 is 2.19 bits per heavy atom. The van der Waals surface area contributed by atoms with Crippen molar-refractivity contribution in [1.82, 2.24) is 14.8 Å². The lowest BCUT2D eigenvalue weighted by Gasteiger charge is -2.11. The van der Waals surface area contributed by atoms with Gasteiger partial charge in [0, 0.05) is 5.56 Å². The van der Waals surface area contributed by atoms with E-state index in [1.165, 1.54) is 11.8 Å². The van der Waals surface area contributed by atoms with E-state index in [1.807, 2.05) is 77.4 Å². The zero-order chi connectivity index (χ0) is 22.2. The zero-order valence-corrected chi connectivity index (χ0v) is 18.5. The second-order valence-corrected chi connectivity index (χ2v) is 7.98. The van der Waals surface area contributed by atoms with Crippen LogP contribution in [0.15, 0.2) is 90.1 Å². The average Bonchev–Trinajstić information content (AvgIpc) is 3.25.